The summed E-state index contributed by atoms with van der Waals surface area (Å²) in [6.07, 6.45) is 1.53. The van der Waals surface area contributed by atoms with Crippen LogP contribution in [0.25, 0.3) is 0 Å². The van der Waals surface area contributed by atoms with E-state index in [1.807, 2.05) is 13.0 Å². The Morgan fingerprint density at radius 3 is 2.54 bits per heavy atom. The minimum absolute atomic E-state index is 0.285. The number of carbonyl (C=O) groups excluding carboxylic acids is 1. The van der Waals surface area contributed by atoms with Gasteiger partial charge < -0.3 is 10.1 Å². The van der Waals surface area contributed by atoms with Crippen molar-refractivity contribution in [1.82, 2.24) is 9.97 Å². The molecule has 5 nitrogen and oxygen atoms in total. The molecule has 0 aliphatic rings. The Bertz CT molecular complexity index is 849. The van der Waals surface area contributed by atoms with Gasteiger partial charge in [0.1, 0.15) is 11.4 Å². The van der Waals surface area contributed by atoms with Gasteiger partial charge in [-0.1, -0.05) is 17.7 Å². The van der Waals surface area contributed by atoms with Gasteiger partial charge in [0.25, 0.3) is 5.91 Å². The quantitative estimate of drug-likeness (QED) is 0.761. The number of nitrogens with zero attached hydrogens (tertiary/aromatic N) is 2. The summed E-state index contributed by atoms with van der Waals surface area (Å²) >= 11 is 5.83. The Labute approximate surface area is 144 Å². The topological polar surface area (TPSA) is 64.1 Å². The highest BCUT2D eigenvalue weighted by molar-refractivity contribution is 6.30. The van der Waals surface area contributed by atoms with E-state index in [2.05, 4.69) is 15.3 Å². The lowest BCUT2D eigenvalue weighted by molar-refractivity contribution is 0.102. The monoisotopic (exact) mass is 339 g/mol. The van der Waals surface area contributed by atoms with Crippen LogP contribution in [0, 0.1) is 6.92 Å². The third-order valence-electron chi connectivity index (χ3n) is 3.15. The summed E-state index contributed by atoms with van der Waals surface area (Å²) in [5, 5.41) is 3.38. The van der Waals surface area contributed by atoms with Gasteiger partial charge in [-0.15, -0.1) is 0 Å². The van der Waals surface area contributed by atoms with Crippen LogP contribution in [0.5, 0.6) is 11.6 Å². The minimum atomic E-state index is -0.285. The maximum absolute atomic E-state index is 12.1. The SMILES string of the molecule is Cc1cccc(C(=O)Nc2ccc(Oc3ccc(Cl)cc3)nc2)n1. The van der Waals surface area contributed by atoms with Gasteiger partial charge >= 0.3 is 0 Å². The molecular weight excluding hydrogens is 326 g/mol. The van der Waals surface area contributed by atoms with Crippen LogP contribution in [-0.4, -0.2) is 15.9 Å². The highest BCUT2D eigenvalue weighted by Crippen LogP contribution is 2.22. The van der Waals surface area contributed by atoms with E-state index >= 15 is 0 Å². The molecule has 1 N–H and O–H groups in total. The first-order valence-electron chi connectivity index (χ1n) is 7.25. The lowest BCUT2D eigenvalue weighted by Gasteiger charge is -2.07. The number of aromatic nitrogens is 2. The molecule has 0 saturated carbocycles. The zero-order chi connectivity index (χ0) is 16.9. The fourth-order valence-electron chi connectivity index (χ4n) is 2.00. The number of hydrogen-bond donors (Lipinski definition) is 1. The van der Waals surface area contributed by atoms with Crippen LogP contribution in [-0.2, 0) is 0 Å². The molecule has 1 amide bonds. The molecule has 0 saturated heterocycles. The Hall–Kier alpha value is -2.92. The van der Waals surface area contributed by atoms with E-state index in [9.17, 15) is 4.79 Å². The van der Waals surface area contributed by atoms with E-state index in [1.165, 1.54) is 6.20 Å². The number of carbonyl (C=O) groups is 1. The van der Waals surface area contributed by atoms with E-state index in [0.717, 1.165) is 5.69 Å². The first-order chi connectivity index (χ1) is 11.6. The number of aryl methyl sites for hydroxylation is 1. The predicted octanol–water partition coefficient (Wildman–Crippen LogP) is 4.48. The van der Waals surface area contributed by atoms with Crippen LogP contribution < -0.4 is 10.1 Å². The van der Waals surface area contributed by atoms with Gasteiger partial charge in [-0.3, -0.25) is 4.79 Å². The van der Waals surface area contributed by atoms with Gasteiger partial charge in [-0.05, 0) is 49.4 Å². The molecule has 3 aromatic rings. The van der Waals surface area contributed by atoms with E-state index in [0.29, 0.717) is 28.0 Å². The summed E-state index contributed by atoms with van der Waals surface area (Å²) in [5.74, 6) is 0.767. The number of pyridine rings is 2. The molecule has 3 rings (SSSR count). The lowest BCUT2D eigenvalue weighted by atomic mass is 10.3. The molecular formula is C18H14ClN3O2. The first-order valence-corrected chi connectivity index (χ1v) is 7.62. The predicted molar refractivity (Wildman–Crippen MR) is 92.7 cm³/mol. The van der Waals surface area contributed by atoms with Crippen molar-refractivity contribution in [1.29, 1.82) is 0 Å². The number of rotatable bonds is 4. The van der Waals surface area contributed by atoms with Crippen molar-refractivity contribution in [3.63, 3.8) is 0 Å². The van der Waals surface area contributed by atoms with Crippen molar-refractivity contribution in [3.05, 3.63) is 77.2 Å². The zero-order valence-corrected chi connectivity index (χ0v) is 13.6. The molecule has 0 aliphatic heterocycles. The van der Waals surface area contributed by atoms with Crippen LogP contribution in [0.4, 0.5) is 5.69 Å². The van der Waals surface area contributed by atoms with Crippen LogP contribution in [0.3, 0.4) is 0 Å². The number of benzene rings is 1. The number of amides is 1. The average molecular weight is 340 g/mol. The van der Waals surface area contributed by atoms with Crippen molar-refractivity contribution >= 4 is 23.2 Å². The molecule has 2 heterocycles. The largest absolute Gasteiger partial charge is 0.439 e. The molecule has 2 aromatic heterocycles. The Balaban J connectivity index is 1.66. The number of nitrogens with one attached hydrogen (secondary N) is 1. The van der Waals surface area contributed by atoms with Gasteiger partial charge in [-0.25, -0.2) is 9.97 Å². The molecule has 24 heavy (non-hydrogen) atoms. The summed E-state index contributed by atoms with van der Waals surface area (Å²) in [5.41, 5.74) is 1.70. The van der Waals surface area contributed by atoms with Crippen molar-refractivity contribution in [3.8, 4) is 11.6 Å². The number of halogens is 1. The van der Waals surface area contributed by atoms with E-state index < -0.39 is 0 Å². The smallest absolute Gasteiger partial charge is 0.274 e. The van der Waals surface area contributed by atoms with Crippen LogP contribution >= 0.6 is 11.6 Å². The number of hydrogen-bond acceptors (Lipinski definition) is 4. The van der Waals surface area contributed by atoms with Crippen LogP contribution in [0.15, 0.2) is 60.8 Å². The molecule has 0 bridgehead atoms. The number of anilines is 1. The molecule has 0 radical (unpaired) electrons. The van der Waals surface area contributed by atoms with Gasteiger partial charge in [0.2, 0.25) is 5.88 Å². The molecule has 0 atom stereocenters. The molecule has 0 unspecified atom stereocenters. The summed E-state index contributed by atoms with van der Waals surface area (Å²) in [6.45, 7) is 1.83. The molecule has 0 aliphatic carbocycles. The Morgan fingerprint density at radius 1 is 1.08 bits per heavy atom. The molecule has 6 heteroatoms. The lowest BCUT2D eigenvalue weighted by Crippen LogP contribution is -2.14. The second-order valence-corrected chi connectivity index (χ2v) is 5.50. The molecule has 120 valence electrons. The second-order valence-electron chi connectivity index (χ2n) is 5.06. The van der Waals surface area contributed by atoms with E-state index in [4.69, 9.17) is 16.3 Å². The standard InChI is InChI=1S/C18H14ClN3O2/c1-12-3-2-4-16(21-12)18(23)22-14-7-10-17(20-11-14)24-15-8-5-13(19)6-9-15/h2-11H,1H3,(H,22,23). The van der Waals surface area contributed by atoms with Crippen molar-refractivity contribution in [2.75, 3.05) is 5.32 Å². The minimum Gasteiger partial charge on any atom is -0.439 e. The van der Waals surface area contributed by atoms with E-state index in [1.54, 1.807) is 48.5 Å². The van der Waals surface area contributed by atoms with Gasteiger partial charge in [0.05, 0.1) is 11.9 Å². The maximum Gasteiger partial charge on any atom is 0.274 e. The normalized spacial score (nSPS) is 10.2. The van der Waals surface area contributed by atoms with Gasteiger partial charge in [0.15, 0.2) is 0 Å². The fraction of sp³-hybridized carbons (Fsp3) is 0.0556. The van der Waals surface area contributed by atoms with Crippen LogP contribution in [0.1, 0.15) is 16.2 Å². The van der Waals surface area contributed by atoms with Crippen molar-refractivity contribution in [2.45, 2.75) is 6.92 Å². The summed E-state index contributed by atoms with van der Waals surface area (Å²) in [6, 6.07) is 15.7. The molecule has 1 aromatic carbocycles. The van der Waals surface area contributed by atoms with E-state index in [-0.39, 0.29) is 5.91 Å². The highest BCUT2D eigenvalue weighted by atomic mass is 35.5. The van der Waals surface area contributed by atoms with Crippen LogP contribution in [0.2, 0.25) is 5.02 Å². The molecule has 0 fully saturated rings. The number of ether oxygens (including phenoxy) is 1. The third-order valence-corrected chi connectivity index (χ3v) is 3.40. The van der Waals surface area contributed by atoms with Gasteiger partial charge in [-0.2, -0.15) is 0 Å². The zero-order valence-electron chi connectivity index (χ0n) is 12.9. The van der Waals surface area contributed by atoms with Crippen molar-refractivity contribution < 1.29 is 9.53 Å². The third kappa shape index (κ3) is 4.08. The summed E-state index contributed by atoms with van der Waals surface area (Å²) < 4.78 is 5.60. The van der Waals surface area contributed by atoms with Crippen molar-refractivity contribution in [2.24, 2.45) is 0 Å². The summed E-state index contributed by atoms with van der Waals surface area (Å²) in [4.78, 5) is 20.5. The second kappa shape index (κ2) is 7.10. The Kier molecular flexibility index (Phi) is 4.72. The highest BCUT2D eigenvalue weighted by Gasteiger charge is 2.08. The van der Waals surface area contributed by atoms with Gasteiger partial charge in [0, 0.05) is 16.8 Å². The molecule has 0 spiro atoms. The first kappa shape index (κ1) is 16.0. The Morgan fingerprint density at radius 2 is 1.88 bits per heavy atom. The summed E-state index contributed by atoms with van der Waals surface area (Å²) in [7, 11) is 0. The fourth-order valence-corrected chi connectivity index (χ4v) is 2.13. The maximum atomic E-state index is 12.1. The average Bonchev–Trinajstić information content (AvgIpc) is 2.59.